The van der Waals surface area contributed by atoms with Gasteiger partial charge in [0.15, 0.2) is 11.9 Å². The number of rotatable bonds is 3. The number of aliphatic hydroxyl groups excluding tert-OH is 2. The van der Waals surface area contributed by atoms with Crippen LogP contribution < -0.4 is 0 Å². The van der Waals surface area contributed by atoms with Crippen molar-refractivity contribution in [3.05, 3.63) is 0 Å². The zero-order valence-corrected chi connectivity index (χ0v) is 12.8. The number of nitrogens with zero attached hydrogens (tertiary/aromatic N) is 6. The van der Waals surface area contributed by atoms with Crippen molar-refractivity contribution < 1.29 is 19.7 Å². The van der Waals surface area contributed by atoms with Crippen LogP contribution in [0.3, 0.4) is 0 Å². The van der Waals surface area contributed by atoms with Gasteiger partial charge in [0, 0.05) is 20.5 Å². The Kier molecular flexibility index (Phi) is 4.20. The Hall–Kier alpha value is -2.17. The topological polar surface area (TPSA) is 123 Å². The number of hydrogen-bond acceptors (Lipinski definition) is 8. The van der Waals surface area contributed by atoms with Crippen molar-refractivity contribution in [3.8, 4) is 0 Å². The number of aliphatic imine (C=N–C) groups is 4. The third-order valence-electron chi connectivity index (χ3n) is 3.61. The zero-order chi connectivity index (χ0) is 16.6. The molecule has 3 rings (SSSR count). The number of carbonyl (C=O) groups is 1. The van der Waals surface area contributed by atoms with Crippen LogP contribution in [-0.4, -0.2) is 95.6 Å². The lowest BCUT2D eigenvalue weighted by Crippen LogP contribution is -2.43. The van der Waals surface area contributed by atoms with Crippen molar-refractivity contribution >= 4 is 30.4 Å². The number of guanidine groups is 1. The first-order valence-corrected chi connectivity index (χ1v) is 7.17. The van der Waals surface area contributed by atoms with E-state index in [0.717, 1.165) is 0 Å². The van der Waals surface area contributed by atoms with Gasteiger partial charge < -0.3 is 19.8 Å². The van der Waals surface area contributed by atoms with Crippen LogP contribution in [-0.2, 0) is 9.53 Å². The number of amidine groups is 1. The Morgan fingerprint density at radius 2 is 2.30 bits per heavy atom. The first-order valence-electron chi connectivity index (χ1n) is 7.17. The van der Waals surface area contributed by atoms with E-state index in [1.54, 1.807) is 23.9 Å². The van der Waals surface area contributed by atoms with Crippen LogP contribution in [0.5, 0.6) is 0 Å². The van der Waals surface area contributed by atoms with Crippen molar-refractivity contribution in [2.24, 2.45) is 20.0 Å². The normalized spacial score (nSPS) is 33.2. The summed E-state index contributed by atoms with van der Waals surface area (Å²) in [5, 5.41) is 19.0. The molecule has 1 fully saturated rings. The van der Waals surface area contributed by atoms with Crippen molar-refractivity contribution in [3.63, 3.8) is 0 Å². The summed E-state index contributed by atoms with van der Waals surface area (Å²) in [5.74, 6) is -0.0358. The van der Waals surface area contributed by atoms with Crippen molar-refractivity contribution in [2.75, 3.05) is 20.7 Å². The van der Waals surface area contributed by atoms with Crippen LogP contribution in [0, 0.1) is 0 Å². The monoisotopic (exact) mass is 322 g/mol. The summed E-state index contributed by atoms with van der Waals surface area (Å²) in [6.45, 7) is -0.280. The summed E-state index contributed by atoms with van der Waals surface area (Å²) in [5.41, 5.74) is 0. The molecule has 0 radical (unpaired) electrons. The van der Waals surface area contributed by atoms with E-state index in [0.29, 0.717) is 5.84 Å². The lowest BCUT2D eigenvalue weighted by Gasteiger charge is -2.25. The van der Waals surface area contributed by atoms with E-state index in [2.05, 4.69) is 20.0 Å². The molecule has 0 bridgehead atoms. The molecule has 10 nitrogen and oxygen atoms in total. The van der Waals surface area contributed by atoms with Crippen LogP contribution in [0.25, 0.3) is 0 Å². The molecule has 4 atom stereocenters. The fourth-order valence-electron chi connectivity index (χ4n) is 2.48. The summed E-state index contributed by atoms with van der Waals surface area (Å²) in [4.78, 5) is 31.5. The molecule has 23 heavy (non-hydrogen) atoms. The van der Waals surface area contributed by atoms with E-state index in [1.807, 2.05) is 0 Å². The molecule has 124 valence electrons. The average Bonchev–Trinajstić information content (AvgIpc) is 3.08. The second kappa shape index (κ2) is 6.14. The first kappa shape index (κ1) is 15.7. The Labute approximate surface area is 132 Å². The van der Waals surface area contributed by atoms with Gasteiger partial charge in [-0.2, -0.15) is 9.98 Å². The lowest BCUT2D eigenvalue weighted by atomic mass is 10.2. The van der Waals surface area contributed by atoms with E-state index >= 15 is 0 Å². The van der Waals surface area contributed by atoms with Gasteiger partial charge in [-0.1, -0.05) is 0 Å². The number of amides is 1. The number of hydrogen-bond donors (Lipinski definition) is 2. The molecule has 0 aromatic rings. The minimum Gasteiger partial charge on any atom is -0.394 e. The summed E-state index contributed by atoms with van der Waals surface area (Å²) in [6, 6.07) is -0.803. The van der Waals surface area contributed by atoms with Crippen molar-refractivity contribution in [1.29, 1.82) is 0 Å². The zero-order valence-electron chi connectivity index (χ0n) is 12.8. The third-order valence-corrected chi connectivity index (χ3v) is 3.61. The smallest absolute Gasteiger partial charge is 0.281 e. The lowest BCUT2D eigenvalue weighted by molar-refractivity contribution is -0.117. The summed E-state index contributed by atoms with van der Waals surface area (Å²) >= 11 is 0. The summed E-state index contributed by atoms with van der Waals surface area (Å²) in [7, 11) is 3.58. The minimum absolute atomic E-state index is 0.0442. The second-order valence-corrected chi connectivity index (χ2v) is 5.62. The molecule has 10 heteroatoms. The molecular formula is C13H18N6O4. The predicted octanol–water partition coefficient (Wildman–Crippen LogP) is -1.95. The Bertz CT molecular complexity index is 614. The van der Waals surface area contributed by atoms with Crippen LogP contribution in [0.4, 0.5) is 0 Å². The largest absolute Gasteiger partial charge is 0.394 e. The fraction of sp³-hybridized carbons (Fsp3) is 0.615. The predicted molar refractivity (Wildman–Crippen MR) is 82.5 cm³/mol. The standard InChI is InChI=1S/C13H18N6O4/c1-18(2)5-15-13-16-11-10(12(22)17-13)14-6-19(11)9-3-7(21)8(4-20)23-9/h5-10,20-21H,3-4H2,1-2H3/b15-5+/t7-,8+,9+,10?/m0/s1. The highest BCUT2D eigenvalue weighted by atomic mass is 16.5. The Morgan fingerprint density at radius 1 is 1.52 bits per heavy atom. The molecule has 2 N–H and O–H groups in total. The summed E-state index contributed by atoms with van der Waals surface area (Å²) in [6.07, 6.45) is 1.25. The molecule has 1 saturated heterocycles. The molecule has 0 aromatic heterocycles. The highest BCUT2D eigenvalue weighted by Gasteiger charge is 2.44. The van der Waals surface area contributed by atoms with Gasteiger partial charge in [0.25, 0.3) is 11.9 Å². The summed E-state index contributed by atoms with van der Waals surface area (Å²) < 4.78 is 5.58. The third kappa shape index (κ3) is 3.00. The van der Waals surface area contributed by atoms with Gasteiger partial charge in [-0.25, -0.2) is 4.99 Å². The van der Waals surface area contributed by atoms with Gasteiger partial charge in [-0.05, 0) is 0 Å². The van der Waals surface area contributed by atoms with E-state index in [9.17, 15) is 15.0 Å². The van der Waals surface area contributed by atoms with Crippen LogP contribution >= 0.6 is 0 Å². The molecule has 0 spiro atoms. The van der Waals surface area contributed by atoms with Crippen LogP contribution in [0.2, 0.25) is 0 Å². The number of fused-ring (bicyclic) bond motifs is 1. The highest BCUT2D eigenvalue weighted by molar-refractivity contribution is 6.22. The van der Waals surface area contributed by atoms with Gasteiger partial charge >= 0.3 is 0 Å². The molecule has 0 aliphatic carbocycles. The molecule has 0 aromatic carbocycles. The maximum atomic E-state index is 12.0. The van der Waals surface area contributed by atoms with E-state index in [-0.39, 0.29) is 19.0 Å². The van der Waals surface area contributed by atoms with Gasteiger partial charge in [0.05, 0.1) is 25.4 Å². The molecule has 3 aliphatic rings. The molecule has 1 amide bonds. The highest BCUT2D eigenvalue weighted by Crippen LogP contribution is 2.26. The molecule has 0 saturated carbocycles. The van der Waals surface area contributed by atoms with E-state index in [4.69, 9.17) is 4.74 Å². The minimum atomic E-state index is -0.803. The first-order chi connectivity index (χ1) is 11.0. The molecule has 1 unspecified atom stereocenters. The number of aliphatic hydroxyl groups is 2. The van der Waals surface area contributed by atoms with Crippen LogP contribution in [0.15, 0.2) is 20.0 Å². The number of carbonyl (C=O) groups excluding carboxylic acids is 1. The van der Waals surface area contributed by atoms with Gasteiger partial charge in [-0.15, -0.1) is 0 Å². The van der Waals surface area contributed by atoms with E-state index in [1.165, 1.54) is 12.7 Å². The van der Waals surface area contributed by atoms with E-state index < -0.39 is 30.4 Å². The molecule has 3 aliphatic heterocycles. The quantitative estimate of drug-likeness (QED) is 0.460. The fourth-order valence-corrected chi connectivity index (χ4v) is 2.48. The molecular weight excluding hydrogens is 304 g/mol. The Morgan fingerprint density at radius 3 is 2.96 bits per heavy atom. The van der Waals surface area contributed by atoms with Crippen molar-refractivity contribution in [2.45, 2.75) is 30.9 Å². The van der Waals surface area contributed by atoms with Gasteiger partial charge in [0.2, 0.25) is 0 Å². The maximum absolute atomic E-state index is 12.0. The maximum Gasteiger partial charge on any atom is 0.281 e. The van der Waals surface area contributed by atoms with Gasteiger partial charge in [-0.3, -0.25) is 14.7 Å². The van der Waals surface area contributed by atoms with Crippen molar-refractivity contribution in [1.82, 2.24) is 9.80 Å². The Balaban J connectivity index is 1.81. The number of ether oxygens (including phenoxy) is 1. The second-order valence-electron chi connectivity index (χ2n) is 5.62. The SMILES string of the molecule is CN(C)/C=N/C1=NC(=O)C2N=CN([C@H]3C[C@H](O)[C@@H](CO)O3)C2=N1. The van der Waals surface area contributed by atoms with Gasteiger partial charge in [0.1, 0.15) is 12.3 Å². The average molecular weight is 322 g/mol. The van der Waals surface area contributed by atoms with Crippen LogP contribution in [0.1, 0.15) is 6.42 Å². The molecule has 3 heterocycles.